The minimum atomic E-state index is -4.39. The van der Waals surface area contributed by atoms with E-state index in [1.807, 2.05) is 32.9 Å². The smallest absolute Gasteiger partial charge is 0.458 e. The van der Waals surface area contributed by atoms with Gasteiger partial charge in [0.15, 0.2) is 0 Å². The zero-order valence-electron chi connectivity index (χ0n) is 19.9. The third-order valence-electron chi connectivity index (χ3n) is 5.58. The number of ether oxygens (including phenoxy) is 3. The number of thioether (sulfide) groups is 1. The van der Waals surface area contributed by atoms with Gasteiger partial charge in [-0.15, -0.1) is 11.8 Å². The summed E-state index contributed by atoms with van der Waals surface area (Å²) in [5.41, 5.74) is 1.96. The number of halogens is 3. The van der Waals surface area contributed by atoms with Crippen LogP contribution in [0.5, 0.6) is 0 Å². The van der Waals surface area contributed by atoms with Crippen molar-refractivity contribution >= 4 is 29.5 Å². The Balaban J connectivity index is 1.79. The van der Waals surface area contributed by atoms with Crippen LogP contribution in [0.1, 0.15) is 42.5 Å². The molecule has 0 amide bonds. The maximum absolute atomic E-state index is 13.1. The van der Waals surface area contributed by atoms with E-state index >= 15 is 0 Å². The summed E-state index contributed by atoms with van der Waals surface area (Å²) in [6.07, 6.45) is -5.70. The third-order valence-corrected chi connectivity index (χ3v) is 6.88. The minimum absolute atomic E-state index is 0.124. The summed E-state index contributed by atoms with van der Waals surface area (Å²) in [6.45, 7) is 7.45. The number of carbonyl (C=O) groups is 2. The number of aryl methyl sites for hydroxylation is 2. The van der Waals surface area contributed by atoms with Gasteiger partial charge in [-0.1, -0.05) is 30.7 Å². The van der Waals surface area contributed by atoms with Crippen LogP contribution in [-0.4, -0.2) is 30.6 Å². The molecule has 0 spiro atoms. The van der Waals surface area contributed by atoms with Crippen molar-refractivity contribution in [2.24, 2.45) is 5.92 Å². The van der Waals surface area contributed by atoms with Crippen LogP contribution in [0.15, 0.2) is 53.1 Å². The van der Waals surface area contributed by atoms with Crippen molar-refractivity contribution < 1.29 is 37.0 Å². The molecule has 0 N–H and O–H groups in total. The van der Waals surface area contributed by atoms with E-state index in [4.69, 9.17) is 14.2 Å². The van der Waals surface area contributed by atoms with Crippen molar-refractivity contribution in [3.63, 3.8) is 0 Å². The summed E-state index contributed by atoms with van der Waals surface area (Å²) < 4.78 is 54.4. The maximum atomic E-state index is 13.1. The second-order valence-electron chi connectivity index (χ2n) is 8.36. The highest BCUT2D eigenvalue weighted by Crippen LogP contribution is 2.36. The molecule has 0 aromatic heterocycles. The highest BCUT2D eigenvalue weighted by atomic mass is 32.2. The van der Waals surface area contributed by atoms with E-state index < -0.39 is 30.0 Å². The van der Waals surface area contributed by atoms with E-state index in [2.05, 4.69) is 0 Å². The van der Waals surface area contributed by atoms with Gasteiger partial charge in [-0.25, -0.2) is 9.59 Å². The van der Waals surface area contributed by atoms with Gasteiger partial charge in [0.25, 0.3) is 0 Å². The van der Waals surface area contributed by atoms with Crippen LogP contribution in [0.2, 0.25) is 0 Å². The number of rotatable bonds is 7. The molecule has 0 bridgehead atoms. The molecule has 35 heavy (non-hydrogen) atoms. The Labute approximate surface area is 206 Å². The van der Waals surface area contributed by atoms with Crippen LogP contribution >= 0.6 is 11.8 Å². The van der Waals surface area contributed by atoms with Gasteiger partial charge in [0, 0.05) is 23.0 Å². The Bertz CT molecular complexity index is 1110. The van der Waals surface area contributed by atoms with Gasteiger partial charge in [-0.05, 0) is 56.2 Å². The summed E-state index contributed by atoms with van der Waals surface area (Å²) >= 11 is 1.36. The van der Waals surface area contributed by atoms with E-state index in [1.165, 1.54) is 23.9 Å². The molecular formula is C26H27F3O5S. The molecular weight excluding hydrogens is 481 g/mol. The summed E-state index contributed by atoms with van der Waals surface area (Å²) in [5.74, 6) is -0.107. The van der Waals surface area contributed by atoms with Crippen molar-refractivity contribution in [1.82, 2.24) is 0 Å². The third kappa shape index (κ3) is 6.81. The molecule has 0 radical (unpaired) electrons. The Morgan fingerprint density at radius 2 is 1.86 bits per heavy atom. The first kappa shape index (κ1) is 26.7. The number of carbonyl (C=O) groups excluding carboxylic acids is 2. The van der Waals surface area contributed by atoms with E-state index in [-0.39, 0.29) is 30.3 Å². The predicted octanol–water partition coefficient (Wildman–Crippen LogP) is 6.95. The molecule has 2 atom stereocenters. The number of benzene rings is 2. The molecule has 5 nitrogen and oxygen atoms in total. The van der Waals surface area contributed by atoms with Crippen molar-refractivity contribution in [3.8, 4) is 0 Å². The molecule has 2 aromatic rings. The molecule has 2 unspecified atom stereocenters. The average molecular weight is 509 g/mol. The average Bonchev–Trinajstić information content (AvgIpc) is 2.78. The van der Waals surface area contributed by atoms with Gasteiger partial charge >= 0.3 is 18.3 Å². The Morgan fingerprint density at radius 3 is 2.46 bits per heavy atom. The standard InChI is InChI=1S/C26H27F3O5S/c1-5-32-25(31)34-22-13-21(33-24(30)23(22)20-11-6-15(2)12-16(20)3)17(4)14-35-19-9-7-18(8-10-19)26(27,28)29/h6-12,17,21H,5,13-14H2,1-4H3. The van der Waals surface area contributed by atoms with Crippen LogP contribution in [0.4, 0.5) is 18.0 Å². The van der Waals surface area contributed by atoms with Gasteiger partial charge in [0.1, 0.15) is 17.4 Å². The fourth-order valence-corrected chi connectivity index (χ4v) is 4.72. The largest absolute Gasteiger partial charge is 0.513 e. The molecule has 188 valence electrons. The number of alkyl halides is 3. The second kappa shape index (κ2) is 11.2. The number of hydrogen-bond donors (Lipinski definition) is 0. The predicted molar refractivity (Wildman–Crippen MR) is 127 cm³/mol. The number of cyclic esters (lactones) is 1. The molecule has 0 aliphatic carbocycles. The number of hydrogen-bond acceptors (Lipinski definition) is 6. The lowest BCUT2D eigenvalue weighted by molar-refractivity contribution is -0.146. The highest BCUT2D eigenvalue weighted by Gasteiger charge is 2.36. The van der Waals surface area contributed by atoms with Crippen molar-refractivity contribution in [2.45, 2.75) is 51.3 Å². The zero-order valence-corrected chi connectivity index (χ0v) is 20.7. The summed E-state index contributed by atoms with van der Waals surface area (Å²) in [4.78, 5) is 25.8. The summed E-state index contributed by atoms with van der Waals surface area (Å²) in [6, 6.07) is 10.5. The fourth-order valence-electron chi connectivity index (χ4n) is 3.72. The van der Waals surface area contributed by atoms with Crippen LogP contribution in [0, 0.1) is 19.8 Å². The SMILES string of the molecule is CCOC(=O)OC1=C(c2ccc(C)cc2C)C(=O)OC(C(C)CSc2ccc(C(F)(F)F)cc2)C1. The Morgan fingerprint density at radius 1 is 1.17 bits per heavy atom. The van der Waals surface area contributed by atoms with E-state index in [9.17, 15) is 22.8 Å². The molecule has 1 aliphatic rings. The molecule has 9 heteroatoms. The molecule has 3 rings (SSSR count). The first-order valence-corrected chi connectivity index (χ1v) is 12.1. The molecule has 0 saturated heterocycles. The fraction of sp³-hybridized carbons (Fsp3) is 0.385. The quantitative estimate of drug-likeness (QED) is 0.298. The minimum Gasteiger partial charge on any atom is -0.458 e. The van der Waals surface area contributed by atoms with Gasteiger partial charge in [0.2, 0.25) is 0 Å². The molecule has 1 heterocycles. The van der Waals surface area contributed by atoms with Gasteiger partial charge in [-0.2, -0.15) is 13.2 Å². The number of esters is 1. The van der Waals surface area contributed by atoms with Crippen molar-refractivity contribution in [2.75, 3.05) is 12.4 Å². The van der Waals surface area contributed by atoms with E-state index in [1.54, 1.807) is 13.0 Å². The van der Waals surface area contributed by atoms with Crippen LogP contribution in [0.25, 0.3) is 5.57 Å². The maximum Gasteiger partial charge on any atom is 0.513 e. The summed E-state index contributed by atoms with van der Waals surface area (Å²) in [5, 5.41) is 0. The van der Waals surface area contributed by atoms with Crippen LogP contribution in [-0.2, 0) is 25.2 Å². The highest BCUT2D eigenvalue weighted by molar-refractivity contribution is 7.99. The van der Waals surface area contributed by atoms with Gasteiger partial charge < -0.3 is 14.2 Å². The van der Waals surface area contributed by atoms with Crippen molar-refractivity contribution in [3.05, 3.63) is 70.5 Å². The van der Waals surface area contributed by atoms with E-state index in [0.29, 0.717) is 16.2 Å². The van der Waals surface area contributed by atoms with Crippen LogP contribution < -0.4 is 0 Å². The monoisotopic (exact) mass is 508 g/mol. The Hall–Kier alpha value is -2.94. The molecule has 0 fully saturated rings. The van der Waals surface area contributed by atoms with Crippen LogP contribution in [0.3, 0.4) is 0 Å². The normalized spacial score (nSPS) is 17.1. The first-order chi connectivity index (χ1) is 16.5. The topological polar surface area (TPSA) is 61.8 Å². The van der Waals surface area contributed by atoms with Gasteiger partial charge in [-0.3, -0.25) is 0 Å². The van der Waals surface area contributed by atoms with E-state index in [0.717, 1.165) is 23.3 Å². The molecule has 2 aromatic carbocycles. The van der Waals surface area contributed by atoms with Gasteiger partial charge in [0.05, 0.1) is 12.2 Å². The molecule has 0 saturated carbocycles. The van der Waals surface area contributed by atoms with Crippen molar-refractivity contribution in [1.29, 1.82) is 0 Å². The Kier molecular flexibility index (Phi) is 8.53. The lowest BCUT2D eigenvalue weighted by Gasteiger charge is -2.30. The zero-order chi connectivity index (χ0) is 25.8. The lowest BCUT2D eigenvalue weighted by Crippen LogP contribution is -2.33. The first-order valence-electron chi connectivity index (χ1n) is 11.2. The summed E-state index contributed by atoms with van der Waals surface area (Å²) in [7, 11) is 0. The lowest BCUT2D eigenvalue weighted by atomic mass is 9.92. The molecule has 1 aliphatic heterocycles. The second-order valence-corrected chi connectivity index (χ2v) is 9.45.